The molecule has 0 bridgehead atoms. The van der Waals surface area contributed by atoms with Crippen molar-refractivity contribution in [3.05, 3.63) is 29.8 Å². The molecular weight excluding hydrogens is 258 g/mol. The summed E-state index contributed by atoms with van der Waals surface area (Å²) >= 11 is 5.22. The average Bonchev–Trinajstić information content (AvgIpc) is 2.42. The third-order valence-corrected chi connectivity index (χ3v) is 2.06. The summed E-state index contributed by atoms with van der Waals surface area (Å²) in [5, 5.41) is 8.59. The van der Waals surface area contributed by atoms with E-state index in [4.69, 9.17) is 21.6 Å². The topological polar surface area (TPSA) is 91.2 Å². The molecule has 0 aliphatic carbocycles. The summed E-state index contributed by atoms with van der Waals surface area (Å²) in [4.78, 5) is 21.9. The second-order valence-electron chi connectivity index (χ2n) is 3.15. The van der Waals surface area contributed by atoms with E-state index < -0.39 is 11.8 Å². The van der Waals surface area contributed by atoms with Crippen LogP contribution in [0.1, 0.15) is 5.56 Å². The van der Waals surface area contributed by atoms with Crippen molar-refractivity contribution in [3.8, 4) is 11.8 Å². The summed E-state index contributed by atoms with van der Waals surface area (Å²) in [6.45, 7) is -0.255. The number of nitrogens with zero attached hydrogens (tertiary/aromatic N) is 1. The van der Waals surface area contributed by atoms with Crippen molar-refractivity contribution in [2.24, 2.45) is 0 Å². The Balaban J connectivity index is 2.33. The first-order valence-corrected chi connectivity index (χ1v) is 5.45. The maximum atomic E-state index is 11.2. The quantitative estimate of drug-likeness (QED) is 0.607. The molecule has 0 aliphatic rings. The van der Waals surface area contributed by atoms with Gasteiger partial charge in [0.25, 0.3) is 11.8 Å². The summed E-state index contributed by atoms with van der Waals surface area (Å²) in [5.41, 5.74) is 4.72. The molecule has 2 amide bonds. The summed E-state index contributed by atoms with van der Waals surface area (Å²) in [7, 11) is 0. The van der Waals surface area contributed by atoms with Crippen molar-refractivity contribution < 1.29 is 14.3 Å². The van der Waals surface area contributed by atoms with Crippen LogP contribution in [-0.2, 0) is 9.59 Å². The number of ether oxygens (including phenoxy) is 1. The highest BCUT2D eigenvalue weighted by molar-refractivity contribution is 6.27. The molecule has 1 aromatic rings. The molecule has 7 heteroatoms. The third kappa shape index (κ3) is 4.72. The van der Waals surface area contributed by atoms with Crippen LogP contribution in [0.3, 0.4) is 0 Å². The Morgan fingerprint density at radius 2 is 1.83 bits per heavy atom. The van der Waals surface area contributed by atoms with E-state index in [1.54, 1.807) is 24.3 Å². The molecule has 6 nitrogen and oxygen atoms in total. The van der Waals surface area contributed by atoms with Gasteiger partial charge < -0.3 is 4.74 Å². The van der Waals surface area contributed by atoms with Gasteiger partial charge in [0, 0.05) is 0 Å². The number of hydrazine groups is 1. The predicted octanol–water partition coefficient (Wildman–Crippen LogP) is 0.323. The van der Waals surface area contributed by atoms with Gasteiger partial charge in [-0.2, -0.15) is 5.26 Å². The van der Waals surface area contributed by atoms with Gasteiger partial charge >= 0.3 is 0 Å². The average molecular weight is 268 g/mol. The number of hydrogen-bond acceptors (Lipinski definition) is 4. The van der Waals surface area contributed by atoms with Crippen LogP contribution in [0.25, 0.3) is 0 Å². The van der Waals surface area contributed by atoms with Crippen LogP contribution in [0.2, 0.25) is 0 Å². The van der Waals surface area contributed by atoms with Crippen molar-refractivity contribution in [3.63, 3.8) is 0 Å². The fraction of sp³-hybridized carbons (Fsp3) is 0.182. The smallest absolute Gasteiger partial charge is 0.276 e. The van der Waals surface area contributed by atoms with E-state index >= 15 is 0 Å². The highest BCUT2D eigenvalue weighted by atomic mass is 35.5. The minimum atomic E-state index is -0.516. The number of hydrogen-bond donors (Lipinski definition) is 2. The first-order valence-electron chi connectivity index (χ1n) is 4.92. The second-order valence-corrected chi connectivity index (χ2v) is 3.42. The van der Waals surface area contributed by atoms with Gasteiger partial charge in [-0.25, -0.2) is 0 Å². The molecule has 2 N–H and O–H groups in total. The second kappa shape index (κ2) is 7.14. The van der Waals surface area contributed by atoms with Gasteiger partial charge in [-0.05, 0) is 24.3 Å². The molecule has 0 saturated carbocycles. The molecule has 0 aromatic heterocycles. The zero-order valence-electron chi connectivity index (χ0n) is 9.27. The summed E-state index contributed by atoms with van der Waals surface area (Å²) in [5.74, 6) is -0.814. The van der Waals surface area contributed by atoms with Crippen molar-refractivity contribution >= 4 is 23.4 Å². The molecule has 1 rings (SSSR count). The standard InChI is InChI=1S/C11H10ClN3O3/c12-5-10(16)14-15-11(17)7-18-9-3-1-8(6-13)2-4-9/h1-4H,5,7H2,(H,14,16)(H,15,17). The maximum Gasteiger partial charge on any atom is 0.276 e. The number of alkyl halides is 1. The number of carbonyl (C=O) groups excluding carboxylic acids is 2. The van der Waals surface area contributed by atoms with E-state index in [9.17, 15) is 9.59 Å². The van der Waals surface area contributed by atoms with E-state index in [0.29, 0.717) is 11.3 Å². The molecule has 18 heavy (non-hydrogen) atoms. The third-order valence-electron chi connectivity index (χ3n) is 1.82. The number of halogens is 1. The van der Waals surface area contributed by atoms with E-state index in [1.165, 1.54) is 0 Å². The van der Waals surface area contributed by atoms with Crippen LogP contribution in [0.15, 0.2) is 24.3 Å². The molecule has 0 aliphatic heterocycles. The SMILES string of the molecule is N#Cc1ccc(OCC(=O)NNC(=O)CCl)cc1. The highest BCUT2D eigenvalue weighted by Crippen LogP contribution is 2.10. The lowest BCUT2D eigenvalue weighted by Crippen LogP contribution is -2.44. The van der Waals surface area contributed by atoms with Crippen molar-refractivity contribution in [1.29, 1.82) is 5.26 Å². The van der Waals surface area contributed by atoms with Gasteiger partial charge in [-0.3, -0.25) is 20.4 Å². The van der Waals surface area contributed by atoms with Crippen LogP contribution in [0.4, 0.5) is 0 Å². The van der Waals surface area contributed by atoms with E-state index in [2.05, 4.69) is 10.9 Å². The first kappa shape index (κ1) is 13.8. The summed E-state index contributed by atoms with van der Waals surface area (Å²) < 4.78 is 5.13. The highest BCUT2D eigenvalue weighted by Gasteiger charge is 2.04. The lowest BCUT2D eigenvalue weighted by Gasteiger charge is -2.07. The van der Waals surface area contributed by atoms with Crippen LogP contribution >= 0.6 is 11.6 Å². The molecule has 0 radical (unpaired) electrons. The number of nitriles is 1. The van der Waals surface area contributed by atoms with Crippen LogP contribution in [-0.4, -0.2) is 24.3 Å². The van der Waals surface area contributed by atoms with Gasteiger partial charge in [0.05, 0.1) is 11.6 Å². The predicted molar refractivity (Wildman–Crippen MR) is 63.7 cm³/mol. The largest absolute Gasteiger partial charge is 0.484 e. The zero-order valence-corrected chi connectivity index (χ0v) is 10.0. The minimum Gasteiger partial charge on any atom is -0.484 e. The number of carbonyl (C=O) groups is 2. The number of amides is 2. The summed E-state index contributed by atoms with van der Waals surface area (Å²) in [6, 6.07) is 8.25. The molecule has 0 atom stereocenters. The molecule has 0 unspecified atom stereocenters. The van der Waals surface area contributed by atoms with Gasteiger partial charge in [-0.15, -0.1) is 11.6 Å². The number of nitrogens with one attached hydrogen (secondary N) is 2. The lowest BCUT2D eigenvalue weighted by atomic mass is 10.2. The Hall–Kier alpha value is -2.26. The molecule has 1 aromatic carbocycles. The molecule has 0 fully saturated rings. The van der Waals surface area contributed by atoms with Crippen LogP contribution < -0.4 is 15.6 Å². The normalized spacial score (nSPS) is 9.11. The molecule has 0 saturated heterocycles. The Labute approximate surface area is 108 Å². The Morgan fingerprint density at radius 1 is 1.22 bits per heavy atom. The molecule has 0 heterocycles. The maximum absolute atomic E-state index is 11.2. The van der Waals surface area contributed by atoms with Crippen molar-refractivity contribution in [2.75, 3.05) is 12.5 Å². The molecule has 94 valence electrons. The van der Waals surface area contributed by atoms with E-state index in [1.807, 2.05) is 6.07 Å². The first-order chi connectivity index (χ1) is 8.65. The van der Waals surface area contributed by atoms with Gasteiger partial charge in [0.15, 0.2) is 6.61 Å². The Morgan fingerprint density at radius 3 is 2.39 bits per heavy atom. The van der Waals surface area contributed by atoms with E-state index in [-0.39, 0.29) is 12.5 Å². The minimum absolute atomic E-state index is 0.239. The van der Waals surface area contributed by atoms with Gasteiger partial charge in [0.1, 0.15) is 11.6 Å². The zero-order chi connectivity index (χ0) is 13.4. The van der Waals surface area contributed by atoms with Gasteiger partial charge in [0.2, 0.25) is 0 Å². The van der Waals surface area contributed by atoms with Crippen molar-refractivity contribution in [2.45, 2.75) is 0 Å². The lowest BCUT2D eigenvalue weighted by molar-refractivity contribution is -0.128. The Bertz CT molecular complexity index is 467. The van der Waals surface area contributed by atoms with Crippen LogP contribution in [0, 0.1) is 11.3 Å². The van der Waals surface area contributed by atoms with E-state index in [0.717, 1.165) is 0 Å². The monoisotopic (exact) mass is 267 g/mol. The Kier molecular flexibility index (Phi) is 5.48. The molecular formula is C11H10ClN3O3. The fourth-order valence-corrected chi connectivity index (χ4v) is 1.05. The van der Waals surface area contributed by atoms with Crippen molar-refractivity contribution in [1.82, 2.24) is 10.9 Å². The number of benzene rings is 1. The summed E-state index contributed by atoms with van der Waals surface area (Å²) in [6.07, 6.45) is 0. The number of rotatable bonds is 4. The van der Waals surface area contributed by atoms with Gasteiger partial charge in [-0.1, -0.05) is 0 Å². The fourth-order valence-electron chi connectivity index (χ4n) is 0.983. The van der Waals surface area contributed by atoms with Crippen LogP contribution in [0.5, 0.6) is 5.75 Å². The molecule has 0 spiro atoms.